The average molecular weight is 545 g/mol. The largest absolute Gasteiger partial charge is 0.381 e. The lowest BCUT2D eigenvalue weighted by Crippen LogP contribution is -2.37. The van der Waals surface area contributed by atoms with Gasteiger partial charge in [-0.25, -0.2) is 4.98 Å². The summed E-state index contributed by atoms with van der Waals surface area (Å²) in [5.74, 6) is -0.233. The molecule has 200 valence electrons. The number of H-pyrrole nitrogens is 2. The number of pyridine rings is 1. The Morgan fingerprint density at radius 2 is 1.77 bits per heavy atom. The first-order chi connectivity index (χ1) is 18.9. The monoisotopic (exact) mass is 544 g/mol. The molecule has 2 amide bonds. The Labute approximate surface area is 230 Å². The zero-order chi connectivity index (χ0) is 27.1. The van der Waals surface area contributed by atoms with Crippen molar-refractivity contribution in [2.75, 3.05) is 31.5 Å². The van der Waals surface area contributed by atoms with Crippen molar-refractivity contribution < 1.29 is 9.59 Å². The van der Waals surface area contributed by atoms with E-state index in [9.17, 15) is 14.4 Å². The van der Waals surface area contributed by atoms with E-state index in [0.29, 0.717) is 63.8 Å². The van der Waals surface area contributed by atoms with E-state index < -0.39 is 0 Å². The Morgan fingerprint density at radius 3 is 2.54 bits per heavy atom. The SMILES string of the molecule is CC(Cc1ccccc1Cl)Nc1cc[nH]c(=O)c1-c1nc2cc3c(cc2[nH]1)C(=O)N(CCN1CCCC1)C3=O. The molecule has 0 radical (unpaired) electrons. The summed E-state index contributed by atoms with van der Waals surface area (Å²) in [4.78, 5) is 53.3. The summed E-state index contributed by atoms with van der Waals surface area (Å²) in [6.07, 6.45) is 4.56. The topological polar surface area (TPSA) is 114 Å². The van der Waals surface area contributed by atoms with E-state index in [1.165, 1.54) is 4.90 Å². The summed E-state index contributed by atoms with van der Waals surface area (Å²) in [5, 5.41) is 4.11. The second-order valence-corrected chi connectivity index (χ2v) is 10.7. The van der Waals surface area contributed by atoms with Crippen LogP contribution in [0.1, 0.15) is 46.0 Å². The van der Waals surface area contributed by atoms with Crippen LogP contribution < -0.4 is 10.9 Å². The van der Waals surface area contributed by atoms with Gasteiger partial charge in [0.1, 0.15) is 11.4 Å². The molecule has 2 aromatic carbocycles. The number of carbonyl (C=O) groups excluding carboxylic acids is 2. The van der Waals surface area contributed by atoms with Crippen LogP contribution in [0.15, 0.2) is 53.5 Å². The van der Waals surface area contributed by atoms with Crippen molar-refractivity contribution in [1.82, 2.24) is 24.8 Å². The maximum atomic E-state index is 13.1. The smallest absolute Gasteiger partial charge is 0.261 e. The van der Waals surface area contributed by atoms with E-state index in [1.807, 2.05) is 31.2 Å². The summed E-state index contributed by atoms with van der Waals surface area (Å²) in [7, 11) is 0. The third-order valence-electron chi connectivity index (χ3n) is 7.49. The number of imide groups is 1. The molecule has 0 spiro atoms. The first-order valence-electron chi connectivity index (χ1n) is 13.2. The van der Waals surface area contributed by atoms with Crippen molar-refractivity contribution in [2.24, 2.45) is 0 Å². The summed E-state index contributed by atoms with van der Waals surface area (Å²) in [6.45, 7) is 5.09. The molecule has 4 aromatic rings. The fraction of sp³-hybridized carbons (Fsp3) is 0.310. The minimum atomic E-state index is -0.309. The highest BCUT2D eigenvalue weighted by atomic mass is 35.5. The second kappa shape index (κ2) is 10.3. The van der Waals surface area contributed by atoms with Gasteiger partial charge in [-0.05, 0) is 69.1 Å². The number of hydrogen-bond donors (Lipinski definition) is 3. The van der Waals surface area contributed by atoms with Gasteiger partial charge in [-0.2, -0.15) is 0 Å². The van der Waals surface area contributed by atoms with E-state index in [4.69, 9.17) is 11.6 Å². The fourth-order valence-electron chi connectivity index (χ4n) is 5.51. The molecule has 4 heterocycles. The average Bonchev–Trinajstić information content (AvgIpc) is 3.63. The molecule has 2 aromatic heterocycles. The molecular formula is C29H29ClN6O3. The maximum Gasteiger partial charge on any atom is 0.261 e. The van der Waals surface area contributed by atoms with Crippen LogP contribution in [0.4, 0.5) is 5.69 Å². The lowest BCUT2D eigenvalue weighted by Gasteiger charge is -2.19. The van der Waals surface area contributed by atoms with Crippen LogP contribution in [0.5, 0.6) is 0 Å². The molecule has 39 heavy (non-hydrogen) atoms. The molecule has 2 aliphatic rings. The van der Waals surface area contributed by atoms with E-state index in [2.05, 4.69) is 25.2 Å². The number of amides is 2. The van der Waals surface area contributed by atoms with Crippen LogP contribution in [0, 0.1) is 0 Å². The number of rotatable bonds is 8. The van der Waals surface area contributed by atoms with Gasteiger partial charge in [0.25, 0.3) is 17.4 Å². The van der Waals surface area contributed by atoms with Gasteiger partial charge in [0.15, 0.2) is 0 Å². The van der Waals surface area contributed by atoms with Gasteiger partial charge in [-0.1, -0.05) is 29.8 Å². The van der Waals surface area contributed by atoms with Crippen molar-refractivity contribution in [3.63, 3.8) is 0 Å². The zero-order valence-corrected chi connectivity index (χ0v) is 22.3. The number of aromatic amines is 2. The summed E-state index contributed by atoms with van der Waals surface area (Å²) in [6, 6.07) is 12.7. The first-order valence-corrected chi connectivity index (χ1v) is 13.6. The summed E-state index contributed by atoms with van der Waals surface area (Å²) in [5.41, 5.74) is 3.48. The Balaban J connectivity index is 1.27. The molecule has 0 saturated carbocycles. The predicted octanol–water partition coefficient (Wildman–Crippen LogP) is 4.31. The number of imidazole rings is 1. The number of nitrogens with zero attached hydrogens (tertiary/aromatic N) is 3. The molecule has 1 unspecified atom stereocenters. The van der Waals surface area contributed by atoms with Crippen LogP contribution in [-0.2, 0) is 6.42 Å². The van der Waals surface area contributed by atoms with E-state index in [0.717, 1.165) is 31.5 Å². The summed E-state index contributed by atoms with van der Waals surface area (Å²) >= 11 is 6.34. The maximum absolute atomic E-state index is 13.1. The Kier molecular flexibility index (Phi) is 6.70. The van der Waals surface area contributed by atoms with Crippen LogP contribution in [0.2, 0.25) is 5.02 Å². The van der Waals surface area contributed by atoms with Crippen molar-refractivity contribution >= 4 is 40.1 Å². The molecule has 0 bridgehead atoms. The quantitative estimate of drug-likeness (QED) is 0.285. The van der Waals surface area contributed by atoms with Gasteiger partial charge in [0.2, 0.25) is 0 Å². The van der Waals surface area contributed by atoms with Crippen molar-refractivity contribution in [1.29, 1.82) is 0 Å². The summed E-state index contributed by atoms with van der Waals surface area (Å²) < 4.78 is 0. The molecule has 1 atom stereocenters. The molecular weight excluding hydrogens is 516 g/mol. The number of benzene rings is 2. The Hall–Kier alpha value is -3.95. The number of nitrogens with one attached hydrogen (secondary N) is 3. The van der Waals surface area contributed by atoms with Gasteiger partial charge >= 0.3 is 0 Å². The van der Waals surface area contributed by atoms with E-state index >= 15 is 0 Å². The number of fused-ring (bicyclic) bond motifs is 2. The molecule has 3 N–H and O–H groups in total. The zero-order valence-electron chi connectivity index (χ0n) is 21.6. The Morgan fingerprint density at radius 1 is 1.03 bits per heavy atom. The third kappa shape index (κ3) is 4.84. The van der Waals surface area contributed by atoms with Crippen molar-refractivity contribution in [3.05, 3.63) is 80.7 Å². The van der Waals surface area contributed by atoms with E-state index in [-0.39, 0.29) is 23.4 Å². The predicted molar refractivity (Wildman–Crippen MR) is 151 cm³/mol. The molecule has 0 aliphatic carbocycles. The number of halogens is 1. The lowest BCUT2D eigenvalue weighted by atomic mass is 10.1. The van der Waals surface area contributed by atoms with Crippen LogP contribution >= 0.6 is 11.6 Å². The molecule has 2 aliphatic heterocycles. The normalized spacial score (nSPS) is 16.3. The number of likely N-dealkylation sites (tertiary alicyclic amines) is 1. The lowest BCUT2D eigenvalue weighted by molar-refractivity contribution is 0.0640. The molecule has 9 nitrogen and oxygen atoms in total. The first kappa shape index (κ1) is 25.3. The highest BCUT2D eigenvalue weighted by Crippen LogP contribution is 2.30. The van der Waals surface area contributed by atoms with Gasteiger partial charge in [-0.3, -0.25) is 19.3 Å². The number of anilines is 1. The van der Waals surface area contributed by atoms with Crippen molar-refractivity contribution in [2.45, 2.75) is 32.2 Å². The fourth-order valence-corrected chi connectivity index (χ4v) is 5.72. The van der Waals surface area contributed by atoms with Gasteiger partial charge < -0.3 is 20.2 Å². The third-order valence-corrected chi connectivity index (χ3v) is 7.86. The standard InChI is InChI=1S/C29H29ClN6O3/c1-17(14-18-6-2-3-7-21(18)30)32-22-8-9-31-27(37)25(22)26-33-23-15-19-20(16-24(23)34-26)29(39)36(28(19)38)13-12-35-10-4-5-11-35/h2-3,6-9,15-17H,4-5,10-14H2,1H3,(H,33,34)(H2,31,32,37). The number of carbonyl (C=O) groups is 2. The minimum Gasteiger partial charge on any atom is -0.381 e. The number of hydrogen-bond acceptors (Lipinski definition) is 6. The van der Waals surface area contributed by atoms with E-state index in [1.54, 1.807) is 24.4 Å². The van der Waals surface area contributed by atoms with Gasteiger partial charge in [-0.15, -0.1) is 0 Å². The van der Waals surface area contributed by atoms with Crippen LogP contribution in [0.25, 0.3) is 22.4 Å². The molecule has 1 saturated heterocycles. The second-order valence-electron chi connectivity index (χ2n) is 10.2. The highest BCUT2D eigenvalue weighted by molar-refractivity contribution is 6.31. The minimum absolute atomic E-state index is 0.0274. The van der Waals surface area contributed by atoms with Crippen molar-refractivity contribution in [3.8, 4) is 11.4 Å². The molecule has 6 rings (SSSR count). The van der Waals surface area contributed by atoms with Gasteiger partial charge in [0.05, 0.1) is 27.8 Å². The van der Waals surface area contributed by atoms with Crippen LogP contribution in [0.3, 0.4) is 0 Å². The number of aromatic nitrogens is 3. The van der Waals surface area contributed by atoms with Crippen LogP contribution in [-0.4, -0.2) is 68.8 Å². The molecule has 1 fully saturated rings. The Bertz CT molecular complexity index is 1580. The molecule has 10 heteroatoms. The van der Waals surface area contributed by atoms with Gasteiger partial charge in [0, 0.05) is 30.4 Å². The highest BCUT2D eigenvalue weighted by Gasteiger charge is 2.36.